The molecule has 2 rings (SSSR count). The van der Waals surface area contributed by atoms with Gasteiger partial charge in [0.15, 0.2) is 0 Å². The monoisotopic (exact) mass is 246 g/mol. The summed E-state index contributed by atoms with van der Waals surface area (Å²) in [6.07, 6.45) is 0. The van der Waals surface area contributed by atoms with Crippen molar-refractivity contribution in [1.82, 2.24) is 9.78 Å². The van der Waals surface area contributed by atoms with Crippen molar-refractivity contribution in [3.05, 3.63) is 41.6 Å². The van der Waals surface area contributed by atoms with Crippen LogP contribution in [0.2, 0.25) is 0 Å². The zero-order valence-corrected chi connectivity index (χ0v) is 10.3. The highest BCUT2D eigenvalue weighted by Crippen LogP contribution is 2.25. The summed E-state index contributed by atoms with van der Waals surface area (Å²) in [5, 5.41) is 13.4. The van der Waals surface area contributed by atoms with Crippen LogP contribution in [-0.2, 0) is 0 Å². The summed E-state index contributed by atoms with van der Waals surface area (Å²) in [5.41, 5.74) is 1.33. The van der Waals surface area contributed by atoms with Gasteiger partial charge in [-0.25, -0.2) is 9.48 Å². The number of nitrogens with zero attached hydrogens (tertiary/aromatic N) is 2. The molecule has 0 aliphatic carbocycles. The van der Waals surface area contributed by atoms with Gasteiger partial charge in [-0.3, -0.25) is 0 Å². The van der Waals surface area contributed by atoms with E-state index in [0.717, 1.165) is 5.69 Å². The van der Waals surface area contributed by atoms with Crippen LogP contribution in [0.25, 0.3) is 5.69 Å². The first kappa shape index (κ1) is 12.2. The van der Waals surface area contributed by atoms with E-state index in [4.69, 9.17) is 4.74 Å². The number of carbonyl (C=O) groups is 1. The minimum atomic E-state index is -1.03. The Balaban J connectivity index is 2.61. The molecule has 0 unspecified atom stereocenters. The van der Waals surface area contributed by atoms with Gasteiger partial charge in [-0.15, -0.1) is 0 Å². The summed E-state index contributed by atoms with van der Waals surface area (Å²) < 4.78 is 6.94. The highest BCUT2D eigenvalue weighted by Gasteiger charge is 2.22. The van der Waals surface area contributed by atoms with Gasteiger partial charge in [0.2, 0.25) is 5.88 Å². The Bertz CT molecular complexity index is 561. The fraction of sp³-hybridized carbons (Fsp3) is 0.231. The van der Waals surface area contributed by atoms with Crippen LogP contribution in [0.15, 0.2) is 30.3 Å². The zero-order valence-electron chi connectivity index (χ0n) is 10.3. The lowest BCUT2D eigenvalue weighted by Crippen LogP contribution is -2.06. The highest BCUT2D eigenvalue weighted by molar-refractivity contribution is 5.91. The quantitative estimate of drug-likeness (QED) is 0.898. The van der Waals surface area contributed by atoms with Gasteiger partial charge >= 0.3 is 5.97 Å². The predicted molar refractivity (Wildman–Crippen MR) is 66.4 cm³/mol. The number of ether oxygens (including phenoxy) is 1. The summed E-state index contributed by atoms with van der Waals surface area (Å²) in [5.74, 6) is -0.758. The third-order valence-corrected chi connectivity index (χ3v) is 2.51. The lowest BCUT2D eigenvalue weighted by Gasteiger charge is -2.08. The number of benzene rings is 1. The average Bonchev–Trinajstić information content (AvgIpc) is 2.68. The molecule has 0 aliphatic rings. The third-order valence-electron chi connectivity index (χ3n) is 2.51. The van der Waals surface area contributed by atoms with Gasteiger partial charge in [-0.05, 0) is 26.0 Å². The minimum absolute atomic E-state index is 0.112. The number of hydrogen-bond acceptors (Lipinski definition) is 3. The summed E-state index contributed by atoms with van der Waals surface area (Å²) in [7, 11) is 0. The van der Waals surface area contributed by atoms with Gasteiger partial charge < -0.3 is 9.84 Å². The van der Waals surface area contributed by atoms with Crippen molar-refractivity contribution < 1.29 is 14.6 Å². The average molecular weight is 246 g/mol. The lowest BCUT2D eigenvalue weighted by atomic mass is 10.2. The van der Waals surface area contributed by atoms with Crippen LogP contribution in [-0.4, -0.2) is 27.5 Å². The number of rotatable bonds is 4. The van der Waals surface area contributed by atoms with E-state index in [9.17, 15) is 9.90 Å². The van der Waals surface area contributed by atoms with Crippen molar-refractivity contribution in [2.24, 2.45) is 0 Å². The Morgan fingerprint density at radius 1 is 1.39 bits per heavy atom. The Morgan fingerprint density at radius 3 is 2.61 bits per heavy atom. The van der Waals surface area contributed by atoms with Crippen LogP contribution in [0.5, 0.6) is 5.88 Å². The Morgan fingerprint density at radius 2 is 2.06 bits per heavy atom. The van der Waals surface area contributed by atoms with Gasteiger partial charge in [-0.1, -0.05) is 18.2 Å². The number of para-hydroxylation sites is 1. The SMILES string of the molecule is CCOc1c(C(=O)O)c(C)nn1-c1ccccc1. The largest absolute Gasteiger partial charge is 0.477 e. The smallest absolute Gasteiger partial charge is 0.343 e. The van der Waals surface area contributed by atoms with E-state index in [0.29, 0.717) is 12.3 Å². The molecule has 1 N–H and O–H groups in total. The molecule has 1 aromatic heterocycles. The second-order valence-electron chi connectivity index (χ2n) is 3.75. The second-order valence-corrected chi connectivity index (χ2v) is 3.75. The molecule has 1 heterocycles. The first-order valence-electron chi connectivity index (χ1n) is 5.66. The van der Waals surface area contributed by atoms with E-state index in [-0.39, 0.29) is 11.4 Å². The normalized spacial score (nSPS) is 10.3. The molecular formula is C13H14N2O3. The Labute approximate surface area is 105 Å². The fourth-order valence-corrected chi connectivity index (χ4v) is 1.77. The van der Waals surface area contributed by atoms with Gasteiger partial charge in [-0.2, -0.15) is 5.10 Å². The maximum absolute atomic E-state index is 11.2. The highest BCUT2D eigenvalue weighted by atomic mass is 16.5. The molecular weight excluding hydrogens is 232 g/mol. The number of hydrogen-bond donors (Lipinski definition) is 1. The van der Waals surface area contributed by atoms with E-state index < -0.39 is 5.97 Å². The van der Waals surface area contributed by atoms with E-state index in [1.807, 2.05) is 37.3 Å². The van der Waals surface area contributed by atoms with Gasteiger partial charge in [0.25, 0.3) is 0 Å². The summed E-state index contributed by atoms with van der Waals surface area (Å²) in [6.45, 7) is 3.85. The fourth-order valence-electron chi connectivity index (χ4n) is 1.77. The maximum Gasteiger partial charge on any atom is 0.343 e. The van der Waals surface area contributed by atoms with Crippen LogP contribution >= 0.6 is 0 Å². The standard InChI is InChI=1S/C13H14N2O3/c1-3-18-12-11(13(16)17)9(2)14-15(12)10-7-5-4-6-8-10/h4-8H,3H2,1-2H3,(H,16,17). The van der Waals surface area contributed by atoms with Crippen molar-refractivity contribution in [3.8, 4) is 11.6 Å². The van der Waals surface area contributed by atoms with Crippen molar-refractivity contribution in [3.63, 3.8) is 0 Å². The molecule has 18 heavy (non-hydrogen) atoms. The number of aromatic carboxylic acids is 1. The van der Waals surface area contributed by atoms with E-state index in [2.05, 4.69) is 5.10 Å². The molecule has 0 fully saturated rings. The molecule has 0 aliphatic heterocycles. The predicted octanol–water partition coefficient (Wildman–Crippen LogP) is 2.28. The van der Waals surface area contributed by atoms with Crippen LogP contribution in [0, 0.1) is 6.92 Å². The molecule has 1 aromatic carbocycles. The van der Waals surface area contributed by atoms with Crippen LogP contribution < -0.4 is 4.74 Å². The van der Waals surface area contributed by atoms with Crippen molar-refractivity contribution >= 4 is 5.97 Å². The third kappa shape index (κ3) is 2.07. The molecule has 0 amide bonds. The molecule has 94 valence electrons. The molecule has 0 bridgehead atoms. The number of aromatic nitrogens is 2. The van der Waals surface area contributed by atoms with Gasteiger partial charge in [0.05, 0.1) is 18.0 Å². The van der Waals surface area contributed by atoms with Gasteiger partial charge in [0.1, 0.15) is 5.56 Å². The summed E-state index contributed by atoms with van der Waals surface area (Å²) >= 11 is 0. The molecule has 0 saturated heterocycles. The van der Waals surface area contributed by atoms with Crippen LogP contribution in [0.1, 0.15) is 23.0 Å². The second kappa shape index (κ2) is 4.91. The van der Waals surface area contributed by atoms with E-state index in [1.54, 1.807) is 6.92 Å². The zero-order chi connectivity index (χ0) is 13.1. The molecule has 0 saturated carbocycles. The Kier molecular flexibility index (Phi) is 3.32. The van der Waals surface area contributed by atoms with Crippen molar-refractivity contribution in [1.29, 1.82) is 0 Å². The Hall–Kier alpha value is -2.30. The lowest BCUT2D eigenvalue weighted by molar-refractivity contribution is 0.0691. The topological polar surface area (TPSA) is 64.3 Å². The molecule has 5 nitrogen and oxygen atoms in total. The number of aryl methyl sites for hydroxylation is 1. The summed E-state index contributed by atoms with van der Waals surface area (Å²) in [4.78, 5) is 11.2. The first-order valence-corrected chi connectivity index (χ1v) is 5.66. The van der Waals surface area contributed by atoms with Crippen LogP contribution in [0.3, 0.4) is 0 Å². The molecule has 5 heteroatoms. The minimum Gasteiger partial charge on any atom is -0.477 e. The van der Waals surface area contributed by atoms with Gasteiger partial charge in [0, 0.05) is 0 Å². The number of carboxylic acid groups (broad SMARTS) is 1. The van der Waals surface area contributed by atoms with E-state index >= 15 is 0 Å². The van der Waals surface area contributed by atoms with Crippen molar-refractivity contribution in [2.45, 2.75) is 13.8 Å². The molecule has 2 aromatic rings. The molecule has 0 radical (unpaired) electrons. The maximum atomic E-state index is 11.2. The van der Waals surface area contributed by atoms with Crippen LogP contribution in [0.4, 0.5) is 0 Å². The number of carboxylic acids is 1. The first-order chi connectivity index (χ1) is 8.65. The summed E-state index contributed by atoms with van der Waals surface area (Å²) in [6, 6.07) is 9.31. The van der Waals surface area contributed by atoms with Crippen molar-refractivity contribution in [2.75, 3.05) is 6.61 Å². The molecule has 0 spiro atoms. The van der Waals surface area contributed by atoms with E-state index in [1.165, 1.54) is 4.68 Å². The molecule has 0 atom stereocenters.